The van der Waals surface area contributed by atoms with Crippen LogP contribution >= 0.6 is 0 Å². The van der Waals surface area contributed by atoms with Crippen molar-refractivity contribution < 1.29 is 13.2 Å². The zero-order valence-electron chi connectivity index (χ0n) is 17.1. The van der Waals surface area contributed by atoms with E-state index in [9.17, 15) is 13.2 Å². The molecule has 4 rings (SSSR count). The maximum atomic E-state index is 13.0. The van der Waals surface area contributed by atoms with Crippen molar-refractivity contribution in [1.82, 2.24) is 20.1 Å². The Labute approximate surface area is 174 Å². The molecule has 2 aromatic heterocycles. The van der Waals surface area contributed by atoms with Gasteiger partial charge in [0.05, 0.1) is 5.56 Å². The Hall–Kier alpha value is -2.67. The van der Waals surface area contributed by atoms with Gasteiger partial charge in [-0.1, -0.05) is 12.1 Å². The third kappa shape index (κ3) is 4.12. The topological polar surface area (TPSA) is 44.8 Å². The van der Waals surface area contributed by atoms with Crippen LogP contribution in [-0.4, -0.2) is 39.2 Å². The second kappa shape index (κ2) is 8.22. The number of H-pyrrole nitrogens is 1. The molecule has 1 aromatic carbocycles. The van der Waals surface area contributed by atoms with Gasteiger partial charge < -0.3 is 4.90 Å². The van der Waals surface area contributed by atoms with Gasteiger partial charge in [0.1, 0.15) is 5.69 Å². The van der Waals surface area contributed by atoms with Crippen molar-refractivity contribution in [3.05, 3.63) is 60.0 Å². The number of halogens is 3. The molecule has 3 heterocycles. The van der Waals surface area contributed by atoms with E-state index in [1.807, 2.05) is 12.1 Å². The highest BCUT2D eigenvalue weighted by atomic mass is 19.4. The fourth-order valence-electron chi connectivity index (χ4n) is 4.19. The number of aromatic amines is 1. The number of hydrogen-bond acceptors (Lipinski definition) is 3. The number of alkyl halides is 3. The van der Waals surface area contributed by atoms with E-state index in [1.54, 1.807) is 12.4 Å². The van der Waals surface area contributed by atoms with Gasteiger partial charge in [-0.3, -0.25) is 10.1 Å². The predicted octanol–water partition coefficient (Wildman–Crippen LogP) is 5.75. The summed E-state index contributed by atoms with van der Waals surface area (Å²) in [5.74, 6) is 0.332. The third-order valence-electron chi connectivity index (χ3n) is 5.92. The average Bonchev–Trinajstić information content (AvgIpc) is 3.19. The fourth-order valence-corrected chi connectivity index (χ4v) is 4.19. The van der Waals surface area contributed by atoms with E-state index in [4.69, 9.17) is 0 Å². The Morgan fingerprint density at radius 3 is 2.17 bits per heavy atom. The number of nitrogens with zero attached hydrogens (tertiary/aromatic N) is 3. The molecule has 0 spiro atoms. The van der Waals surface area contributed by atoms with Gasteiger partial charge in [-0.05, 0) is 69.6 Å². The molecule has 1 aliphatic rings. The molecule has 1 saturated heterocycles. The Bertz CT molecular complexity index is 970. The molecule has 0 unspecified atom stereocenters. The standard InChI is InChI=1S/C23H25F3N4/c1-15(2)30-13-9-18(10-14-30)22-20(16-7-11-27-12-8-16)21(28-29-22)17-3-5-19(6-4-17)23(24,25)26/h3-8,11-12,15,18H,9-10,13-14H2,1-2H3,(H,28,29). The summed E-state index contributed by atoms with van der Waals surface area (Å²) >= 11 is 0. The molecule has 1 N–H and O–H groups in total. The quantitative estimate of drug-likeness (QED) is 0.592. The highest BCUT2D eigenvalue weighted by molar-refractivity contribution is 5.83. The summed E-state index contributed by atoms with van der Waals surface area (Å²) in [6.45, 7) is 6.46. The van der Waals surface area contributed by atoms with Crippen molar-refractivity contribution in [1.29, 1.82) is 0 Å². The van der Waals surface area contributed by atoms with Crippen molar-refractivity contribution in [3.8, 4) is 22.4 Å². The van der Waals surface area contributed by atoms with Crippen molar-refractivity contribution in [2.24, 2.45) is 0 Å². The van der Waals surface area contributed by atoms with E-state index < -0.39 is 11.7 Å². The lowest BCUT2D eigenvalue weighted by molar-refractivity contribution is -0.137. The second-order valence-electron chi connectivity index (χ2n) is 8.08. The van der Waals surface area contributed by atoms with Crippen LogP contribution in [0, 0.1) is 0 Å². The maximum Gasteiger partial charge on any atom is 0.416 e. The monoisotopic (exact) mass is 414 g/mol. The van der Waals surface area contributed by atoms with Crippen molar-refractivity contribution in [2.75, 3.05) is 13.1 Å². The molecule has 1 aliphatic heterocycles. The summed E-state index contributed by atoms with van der Waals surface area (Å²) in [5, 5.41) is 7.76. The van der Waals surface area contributed by atoms with E-state index >= 15 is 0 Å². The normalized spacial score (nSPS) is 16.3. The van der Waals surface area contributed by atoms with Crippen LogP contribution in [0.5, 0.6) is 0 Å². The highest BCUT2D eigenvalue weighted by Gasteiger charge is 2.31. The van der Waals surface area contributed by atoms with E-state index in [0.717, 1.165) is 54.9 Å². The Morgan fingerprint density at radius 1 is 0.967 bits per heavy atom. The first-order valence-corrected chi connectivity index (χ1v) is 10.2. The summed E-state index contributed by atoms with van der Waals surface area (Å²) in [7, 11) is 0. The maximum absolute atomic E-state index is 13.0. The van der Waals surface area contributed by atoms with Gasteiger partial charge in [0.2, 0.25) is 0 Å². The molecule has 7 heteroatoms. The predicted molar refractivity (Wildman–Crippen MR) is 111 cm³/mol. The minimum absolute atomic E-state index is 0.332. The third-order valence-corrected chi connectivity index (χ3v) is 5.92. The molecule has 4 nitrogen and oxygen atoms in total. The van der Waals surface area contributed by atoms with Crippen LogP contribution in [0.2, 0.25) is 0 Å². The Morgan fingerprint density at radius 2 is 1.60 bits per heavy atom. The molecule has 3 aromatic rings. The molecule has 0 bridgehead atoms. The van der Waals surface area contributed by atoms with Crippen LogP contribution in [0.1, 0.15) is 43.9 Å². The Kier molecular flexibility index (Phi) is 5.64. The number of pyridine rings is 1. The van der Waals surface area contributed by atoms with Crippen LogP contribution < -0.4 is 0 Å². The molecule has 0 aliphatic carbocycles. The lowest BCUT2D eigenvalue weighted by Gasteiger charge is -2.34. The van der Waals surface area contributed by atoms with Crippen molar-refractivity contribution >= 4 is 0 Å². The van der Waals surface area contributed by atoms with Gasteiger partial charge in [-0.2, -0.15) is 18.3 Å². The summed E-state index contributed by atoms with van der Waals surface area (Å²) in [5.41, 5.74) is 3.66. The summed E-state index contributed by atoms with van der Waals surface area (Å²) in [6.07, 6.45) is 1.14. The van der Waals surface area contributed by atoms with Gasteiger partial charge in [0.15, 0.2) is 0 Å². The van der Waals surface area contributed by atoms with Crippen LogP contribution in [0.3, 0.4) is 0 Å². The first-order chi connectivity index (χ1) is 14.3. The zero-order valence-corrected chi connectivity index (χ0v) is 17.1. The number of nitrogens with one attached hydrogen (secondary N) is 1. The highest BCUT2D eigenvalue weighted by Crippen LogP contribution is 2.40. The molecular formula is C23H25F3N4. The van der Waals surface area contributed by atoms with Crippen LogP contribution in [0.15, 0.2) is 48.8 Å². The average molecular weight is 414 g/mol. The lowest BCUT2D eigenvalue weighted by Crippen LogP contribution is -2.38. The molecule has 0 atom stereocenters. The minimum Gasteiger partial charge on any atom is -0.301 e. The molecule has 0 radical (unpaired) electrons. The Balaban J connectivity index is 1.72. The van der Waals surface area contributed by atoms with Gasteiger partial charge in [0.25, 0.3) is 0 Å². The largest absolute Gasteiger partial charge is 0.416 e. The first kappa shape index (κ1) is 20.6. The summed E-state index contributed by atoms with van der Waals surface area (Å²) in [6, 6.07) is 9.58. The SMILES string of the molecule is CC(C)N1CCC(c2[nH]nc(-c3ccc(C(F)(F)F)cc3)c2-c2ccncc2)CC1. The lowest BCUT2D eigenvalue weighted by atomic mass is 9.87. The fraction of sp³-hybridized carbons (Fsp3) is 0.391. The van der Waals surface area contributed by atoms with E-state index in [2.05, 4.69) is 33.9 Å². The summed E-state index contributed by atoms with van der Waals surface area (Å²) in [4.78, 5) is 6.57. The van der Waals surface area contributed by atoms with Gasteiger partial charge in [0, 0.05) is 41.2 Å². The van der Waals surface area contributed by atoms with Crippen molar-refractivity contribution in [2.45, 2.75) is 44.8 Å². The van der Waals surface area contributed by atoms with E-state index in [-0.39, 0.29) is 0 Å². The van der Waals surface area contributed by atoms with E-state index in [1.165, 1.54) is 12.1 Å². The molecule has 1 fully saturated rings. The second-order valence-corrected chi connectivity index (χ2v) is 8.08. The number of likely N-dealkylation sites (tertiary alicyclic amines) is 1. The van der Waals surface area contributed by atoms with Gasteiger partial charge in [-0.15, -0.1) is 0 Å². The number of benzene rings is 1. The molecule has 0 saturated carbocycles. The van der Waals surface area contributed by atoms with Crippen molar-refractivity contribution in [3.63, 3.8) is 0 Å². The smallest absolute Gasteiger partial charge is 0.301 e. The molecule has 0 amide bonds. The number of rotatable bonds is 4. The molecular weight excluding hydrogens is 389 g/mol. The molecule has 158 valence electrons. The van der Waals surface area contributed by atoms with Crippen LogP contribution in [0.4, 0.5) is 13.2 Å². The van der Waals surface area contributed by atoms with Gasteiger partial charge >= 0.3 is 6.18 Å². The number of hydrogen-bond donors (Lipinski definition) is 1. The van der Waals surface area contributed by atoms with Crippen LogP contribution in [-0.2, 0) is 6.18 Å². The zero-order chi connectivity index (χ0) is 21.3. The number of aromatic nitrogens is 3. The molecule has 30 heavy (non-hydrogen) atoms. The summed E-state index contributed by atoms with van der Waals surface area (Å²) < 4.78 is 38.9. The van der Waals surface area contributed by atoms with Gasteiger partial charge in [-0.25, -0.2) is 0 Å². The van der Waals surface area contributed by atoms with Crippen LogP contribution in [0.25, 0.3) is 22.4 Å². The minimum atomic E-state index is -4.35. The first-order valence-electron chi connectivity index (χ1n) is 10.2. The van der Waals surface area contributed by atoms with E-state index in [0.29, 0.717) is 23.2 Å². The number of piperidine rings is 1.